The van der Waals surface area contributed by atoms with Crippen molar-refractivity contribution in [2.75, 3.05) is 0 Å². The number of aliphatic hydroxyl groups is 1. The van der Waals surface area contributed by atoms with Crippen LogP contribution in [0.4, 0.5) is 0 Å². The van der Waals surface area contributed by atoms with E-state index in [1.165, 1.54) is 51.4 Å². The summed E-state index contributed by atoms with van der Waals surface area (Å²) in [7, 11) is 0. The summed E-state index contributed by atoms with van der Waals surface area (Å²) >= 11 is 4.67. The van der Waals surface area contributed by atoms with Gasteiger partial charge in [-0.2, -0.15) is 0 Å². The van der Waals surface area contributed by atoms with Crippen molar-refractivity contribution in [3.05, 3.63) is 0 Å². The second-order valence-electron chi connectivity index (χ2n) is 4.79. The van der Waals surface area contributed by atoms with E-state index in [2.05, 4.69) is 26.1 Å². The molecule has 96 valence electrons. The fraction of sp³-hybridized carbons (Fsp3) is 0.929. The molecule has 0 rings (SSSR count). The van der Waals surface area contributed by atoms with E-state index in [1.54, 1.807) is 0 Å². The molecule has 0 spiro atoms. The Morgan fingerprint density at radius 3 is 2.06 bits per heavy atom. The highest BCUT2D eigenvalue weighted by Gasteiger charge is 2.07. The summed E-state index contributed by atoms with van der Waals surface area (Å²) in [6, 6.07) is 0. The molecule has 0 fully saturated rings. The van der Waals surface area contributed by atoms with Gasteiger partial charge in [0.2, 0.25) is 0 Å². The highest BCUT2D eigenvalue weighted by Crippen LogP contribution is 2.22. The first-order valence-corrected chi connectivity index (χ1v) is 7.33. The molecule has 1 nitrogen and oxygen atoms in total. The molecule has 0 bridgehead atoms. The molecule has 0 aromatic rings. The number of rotatable bonds is 11. The van der Waals surface area contributed by atoms with Crippen LogP contribution < -0.4 is 0 Å². The van der Waals surface area contributed by atoms with Crippen molar-refractivity contribution in [3.63, 3.8) is 0 Å². The lowest BCUT2D eigenvalue weighted by molar-refractivity contribution is 0.383. The molecule has 0 aromatic heterocycles. The van der Waals surface area contributed by atoms with E-state index in [4.69, 9.17) is 5.11 Å². The average molecular weight is 244 g/mol. The molecule has 1 N–H and O–H groups in total. The number of thiocarbonyl (C=S) groups is 1. The van der Waals surface area contributed by atoms with Crippen molar-refractivity contribution < 1.29 is 5.11 Å². The molecule has 16 heavy (non-hydrogen) atoms. The van der Waals surface area contributed by atoms with Crippen LogP contribution in [0.3, 0.4) is 0 Å². The Hall–Kier alpha value is -0.110. The Kier molecular flexibility index (Phi) is 11.3. The summed E-state index contributed by atoms with van der Waals surface area (Å²) in [4.78, 5) is 0. The topological polar surface area (TPSA) is 20.2 Å². The van der Waals surface area contributed by atoms with Gasteiger partial charge in [-0.3, -0.25) is 0 Å². The zero-order chi connectivity index (χ0) is 12.2. The Morgan fingerprint density at radius 1 is 0.938 bits per heavy atom. The van der Waals surface area contributed by atoms with Crippen molar-refractivity contribution >= 4 is 17.3 Å². The molecule has 0 saturated carbocycles. The second kappa shape index (κ2) is 11.4. The molecule has 0 aromatic carbocycles. The van der Waals surface area contributed by atoms with Crippen molar-refractivity contribution in [1.29, 1.82) is 0 Å². The first kappa shape index (κ1) is 15.9. The maximum Gasteiger partial charge on any atom is 0.156 e. The summed E-state index contributed by atoms with van der Waals surface area (Å²) in [5, 5.41) is 9.10. The molecule has 0 radical (unpaired) electrons. The quantitative estimate of drug-likeness (QED) is 0.386. The van der Waals surface area contributed by atoms with Crippen LogP contribution in [0.15, 0.2) is 0 Å². The van der Waals surface area contributed by atoms with Crippen LogP contribution in [0.2, 0.25) is 0 Å². The van der Waals surface area contributed by atoms with Gasteiger partial charge in [-0.15, -0.1) is 0 Å². The van der Waals surface area contributed by atoms with Crippen LogP contribution in [0.1, 0.15) is 78.1 Å². The lowest BCUT2D eigenvalue weighted by Gasteiger charge is -2.15. The lowest BCUT2D eigenvalue weighted by atomic mass is 9.91. The maximum absolute atomic E-state index is 8.93. The van der Waals surface area contributed by atoms with E-state index in [-0.39, 0.29) is 5.05 Å². The zero-order valence-electron chi connectivity index (χ0n) is 11.0. The Bertz CT molecular complexity index is 168. The van der Waals surface area contributed by atoms with Crippen molar-refractivity contribution in [2.45, 2.75) is 78.1 Å². The zero-order valence-corrected chi connectivity index (χ0v) is 11.8. The standard InChI is InChI=1S/C14H28OS/c1-3-5-6-10-13(9-4-2)11-7-8-12-14(15)16/h13H,3-12H2,1-2H3,(H,15,16). The van der Waals surface area contributed by atoms with Gasteiger partial charge in [0.15, 0.2) is 5.05 Å². The van der Waals surface area contributed by atoms with Gasteiger partial charge in [-0.1, -0.05) is 65.2 Å². The fourth-order valence-corrected chi connectivity index (χ4v) is 2.38. The second-order valence-corrected chi connectivity index (χ2v) is 5.26. The van der Waals surface area contributed by atoms with Gasteiger partial charge in [0.25, 0.3) is 0 Å². The molecule has 0 heterocycles. The summed E-state index contributed by atoms with van der Waals surface area (Å²) in [5.41, 5.74) is 0. The van der Waals surface area contributed by atoms with Gasteiger partial charge in [-0.05, 0) is 24.6 Å². The molecular weight excluding hydrogens is 216 g/mol. The molecule has 0 saturated heterocycles. The monoisotopic (exact) mass is 244 g/mol. The Morgan fingerprint density at radius 2 is 1.56 bits per heavy atom. The fourth-order valence-electron chi connectivity index (χ4n) is 2.23. The van der Waals surface area contributed by atoms with Crippen molar-refractivity contribution in [1.82, 2.24) is 0 Å². The first-order chi connectivity index (χ1) is 7.70. The van der Waals surface area contributed by atoms with Gasteiger partial charge in [0, 0.05) is 6.42 Å². The van der Waals surface area contributed by atoms with Gasteiger partial charge < -0.3 is 5.11 Å². The highest BCUT2D eigenvalue weighted by molar-refractivity contribution is 7.80. The van der Waals surface area contributed by atoms with Crippen molar-refractivity contribution in [2.24, 2.45) is 5.92 Å². The minimum absolute atomic E-state index is 0.179. The van der Waals surface area contributed by atoms with Crippen LogP contribution in [0, 0.1) is 5.92 Å². The summed E-state index contributed by atoms with van der Waals surface area (Å²) in [6.45, 7) is 4.53. The molecule has 1 atom stereocenters. The normalized spacial score (nSPS) is 12.6. The molecule has 0 aliphatic carbocycles. The van der Waals surface area contributed by atoms with E-state index in [0.717, 1.165) is 12.3 Å². The van der Waals surface area contributed by atoms with Crippen LogP contribution in [-0.2, 0) is 0 Å². The molecule has 0 amide bonds. The van der Waals surface area contributed by atoms with Gasteiger partial charge in [0.05, 0.1) is 0 Å². The van der Waals surface area contributed by atoms with Crippen LogP contribution in [0.25, 0.3) is 0 Å². The largest absolute Gasteiger partial charge is 0.502 e. The van der Waals surface area contributed by atoms with E-state index in [0.29, 0.717) is 6.42 Å². The predicted octanol–water partition coefficient (Wildman–Crippen LogP) is 5.43. The molecular formula is C14H28OS. The molecule has 2 heteroatoms. The Labute approximate surface area is 107 Å². The summed E-state index contributed by atoms with van der Waals surface area (Å²) in [5.74, 6) is 0.906. The van der Waals surface area contributed by atoms with E-state index in [1.807, 2.05) is 0 Å². The number of unbranched alkanes of at least 4 members (excludes halogenated alkanes) is 3. The minimum Gasteiger partial charge on any atom is -0.502 e. The summed E-state index contributed by atoms with van der Waals surface area (Å²) < 4.78 is 0. The highest BCUT2D eigenvalue weighted by atomic mass is 32.1. The Balaban J connectivity index is 3.54. The SMILES string of the molecule is CCCCCC(CCC)CCCCC(O)=S. The van der Waals surface area contributed by atoms with E-state index in [9.17, 15) is 0 Å². The summed E-state index contributed by atoms with van der Waals surface area (Å²) in [6.07, 6.45) is 12.5. The van der Waals surface area contributed by atoms with Gasteiger partial charge in [-0.25, -0.2) is 0 Å². The maximum atomic E-state index is 8.93. The first-order valence-electron chi connectivity index (χ1n) is 6.92. The van der Waals surface area contributed by atoms with Crippen LogP contribution in [0.5, 0.6) is 0 Å². The minimum atomic E-state index is 0.179. The molecule has 0 aliphatic heterocycles. The van der Waals surface area contributed by atoms with Crippen LogP contribution in [-0.4, -0.2) is 10.2 Å². The van der Waals surface area contributed by atoms with E-state index < -0.39 is 0 Å². The van der Waals surface area contributed by atoms with Gasteiger partial charge >= 0.3 is 0 Å². The lowest BCUT2D eigenvalue weighted by Crippen LogP contribution is -2.01. The smallest absolute Gasteiger partial charge is 0.156 e. The third-order valence-corrected chi connectivity index (χ3v) is 3.37. The third kappa shape index (κ3) is 10.4. The van der Waals surface area contributed by atoms with E-state index >= 15 is 0 Å². The third-order valence-electron chi connectivity index (χ3n) is 3.17. The molecule has 1 unspecified atom stereocenters. The van der Waals surface area contributed by atoms with Gasteiger partial charge in [0.1, 0.15) is 0 Å². The van der Waals surface area contributed by atoms with Crippen molar-refractivity contribution in [3.8, 4) is 0 Å². The molecule has 0 aliphatic rings. The average Bonchev–Trinajstić information content (AvgIpc) is 2.24. The number of hydrogen-bond donors (Lipinski definition) is 1. The number of aliphatic hydroxyl groups excluding tert-OH is 1. The predicted molar refractivity (Wildman–Crippen MR) is 76.2 cm³/mol. The van der Waals surface area contributed by atoms with Crippen LogP contribution >= 0.6 is 12.2 Å². The number of hydrogen-bond acceptors (Lipinski definition) is 1.